The fourth-order valence-corrected chi connectivity index (χ4v) is 20.9. The molecule has 0 aliphatic carbocycles. The summed E-state index contributed by atoms with van der Waals surface area (Å²) < 4.78 is 8.17. The number of halogens is 3. The van der Waals surface area contributed by atoms with Crippen molar-refractivity contribution in [1.82, 2.24) is 0 Å². The average molecular weight is 1370 g/mol. The predicted molar refractivity (Wildman–Crippen MR) is 355 cm³/mol. The molecule has 2 unspecified atom stereocenters. The predicted octanol–water partition coefficient (Wildman–Crippen LogP) is 21.3. The van der Waals surface area contributed by atoms with Gasteiger partial charge >= 0.3 is 137 Å². The molecule has 4 atom stereocenters. The van der Waals surface area contributed by atoms with Gasteiger partial charge in [-0.15, -0.1) is 9.24 Å². The minimum Gasteiger partial charge on any atom is -0.184 e. The molecule has 0 saturated heterocycles. The molecule has 77 heavy (non-hydrogen) atoms. The average Bonchev–Trinajstić information content (AvgIpc) is 3.48. The molecule has 0 saturated carbocycles. The molecule has 8 aromatic carbocycles. The van der Waals surface area contributed by atoms with Crippen LogP contribution in [0.25, 0.3) is 28.3 Å². The zero-order valence-electron chi connectivity index (χ0n) is 46.2. The van der Waals surface area contributed by atoms with Crippen LogP contribution in [-0.2, 0) is 15.9 Å². The van der Waals surface area contributed by atoms with Crippen LogP contribution in [0.2, 0.25) is 13.3 Å². The molecule has 0 aliphatic rings. The Kier molecular flexibility index (Phi) is 47.3. The number of aliphatic hydroxyl groups is 2. The van der Waals surface area contributed by atoms with Gasteiger partial charge in [0, 0.05) is 4.47 Å². The van der Waals surface area contributed by atoms with E-state index in [-0.39, 0.29) is 31.9 Å². The van der Waals surface area contributed by atoms with Gasteiger partial charge in [0.1, 0.15) is 0 Å². The maximum absolute atomic E-state index is 9.21. The molecular formula is C68H86BrCl2O2P2PdSn-. The first-order valence-corrected chi connectivity index (χ1v) is 39.2. The van der Waals surface area contributed by atoms with Gasteiger partial charge in [-0.05, 0) is 76.3 Å². The number of hydrogen-bond acceptors (Lipinski definition) is 2. The summed E-state index contributed by atoms with van der Waals surface area (Å²) in [5.41, 5.74) is 8.02. The molecule has 416 valence electrons. The van der Waals surface area contributed by atoms with Gasteiger partial charge in [-0.1, -0.05) is 211 Å². The number of benzene rings is 8. The van der Waals surface area contributed by atoms with E-state index >= 15 is 0 Å². The number of aliphatic hydroxyl groups excluding tert-OH is 2. The van der Waals surface area contributed by atoms with E-state index in [0.29, 0.717) is 0 Å². The molecule has 0 radical (unpaired) electrons. The summed E-state index contributed by atoms with van der Waals surface area (Å²) >= 11 is 1.36. The molecule has 8 rings (SSSR count). The second kappa shape index (κ2) is 49.6. The van der Waals surface area contributed by atoms with E-state index in [2.05, 4.69) is 166 Å². The van der Waals surface area contributed by atoms with E-state index < -0.39 is 24.5 Å². The Hall–Kier alpha value is -3.46. The van der Waals surface area contributed by atoms with Gasteiger partial charge in [-0.3, -0.25) is 0 Å². The first kappa shape index (κ1) is 73.5. The summed E-state index contributed by atoms with van der Waals surface area (Å²) in [5.74, 6) is 0. The fraction of sp³-hybridized carbons (Fsp3) is 0.235. The second-order valence-electron chi connectivity index (χ2n) is 17.7. The number of unbranched alkanes of at least 4 members (excludes halogenated alkanes) is 3. The van der Waals surface area contributed by atoms with Crippen LogP contribution in [0.1, 0.15) is 102 Å². The van der Waals surface area contributed by atoms with Gasteiger partial charge < -0.3 is 10.2 Å². The normalized spacial score (nSPS) is 10.5. The molecule has 0 aromatic heterocycles. The van der Waals surface area contributed by atoms with Gasteiger partial charge in [-0.25, -0.2) is 0 Å². The Morgan fingerprint density at radius 3 is 1.08 bits per heavy atom. The van der Waals surface area contributed by atoms with Crippen LogP contribution < -0.4 is 5.30 Å². The molecule has 8 aromatic rings. The smallest absolute Gasteiger partial charge is 0.0184 e. The minimum absolute atomic E-state index is 0. The van der Waals surface area contributed by atoms with Crippen molar-refractivity contribution in [2.45, 2.75) is 98.7 Å². The molecule has 0 aliphatic heterocycles. The van der Waals surface area contributed by atoms with Crippen LogP contribution in [0.3, 0.4) is 0 Å². The van der Waals surface area contributed by atoms with Crippen molar-refractivity contribution in [2.75, 3.05) is 0 Å². The Labute approximate surface area is 501 Å². The Morgan fingerprint density at radius 2 is 0.844 bits per heavy atom. The van der Waals surface area contributed by atoms with Crippen LogP contribution in [0.4, 0.5) is 0 Å². The van der Waals surface area contributed by atoms with Gasteiger partial charge in [-0.2, -0.15) is 46.3 Å². The summed E-state index contributed by atoms with van der Waals surface area (Å²) in [6.45, 7) is 18.3. The first-order valence-electron chi connectivity index (χ1n) is 26.1. The van der Waals surface area contributed by atoms with Gasteiger partial charge in [0.2, 0.25) is 0 Å². The van der Waals surface area contributed by atoms with Crippen LogP contribution in [0.5, 0.6) is 0 Å². The molecule has 0 heterocycles. The molecule has 9 heteroatoms. The van der Waals surface area contributed by atoms with Crippen LogP contribution >= 0.6 is 54.1 Å². The number of rotatable bonds is 15. The molecular weight excluding hydrogens is 1290 g/mol. The van der Waals surface area contributed by atoms with E-state index in [1.807, 2.05) is 133 Å². The Bertz CT molecular complexity index is 2370. The maximum atomic E-state index is 9.21. The zero-order chi connectivity index (χ0) is 55.9. The zero-order valence-corrected chi connectivity index (χ0v) is 56.2. The van der Waals surface area contributed by atoms with E-state index in [1.165, 1.54) is 66.1 Å². The molecule has 0 bridgehead atoms. The standard InChI is InChI=1S/2C12H10.C10H12O.C8H9BrO.C6H7P.C6H5.3C4H9.C2H3.2ClH.H3P.Pd.Sn/c2*1-3-7-11(8-4-1)12-9-5-2-6-10-12;1-3-9-5-4-6-10(7-9)8(2)11;1-6(10)7-3-2-4-8(9)5-7;7-6-4-2-1-3-5-6;1-2-4-6-5-3-1;3*1-3-4-2;1-2;;;;;/h2*1-10H;3-8,11H,1H2,2H3;2-6,10H,1H3;1-5H,7H2;1-5H;3*1,3-4H2,2H3;1H,2H2;2*1H;1H3;;/q;;;;;-1;;;;;;;;+2;/p-2/t;;8-;6-;;;;;;;;;;;/m..11.........../s1. The van der Waals surface area contributed by atoms with Gasteiger partial charge in [0.15, 0.2) is 0 Å². The number of hydrogen-bond donors (Lipinski definition) is 2. The van der Waals surface area contributed by atoms with Crippen molar-refractivity contribution < 1.29 is 26.2 Å². The van der Waals surface area contributed by atoms with Crippen molar-refractivity contribution >= 4 is 83.9 Å². The summed E-state index contributed by atoms with van der Waals surface area (Å²) in [4.78, 5) is 0. The second-order valence-corrected chi connectivity index (χ2v) is 34.8. The third-order valence-corrected chi connectivity index (χ3v) is 26.5. The van der Waals surface area contributed by atoms with Crippen molar-refractivity contribution in [2.24, 2.45) is 0 Å². The maximum Gasteiger partial charge on any atom is -0.0184 e. The molecule has 2 N–H and O–H groups in total. The van der Waals surface area contributed by atoms with E-state index in [9.17, 15) is 5.11 Å². The Balaban J connectivity index is 0.000000876. The van der Waals surface area contributed by atoms with Crippen molar-refractivity contribution in [1.29, 1.82) is 0 Å². The fourth-order valence-electron chi connectivity index (χ4n) is 7.30. The van der Waals surface area contributed by atoms with Crippen molar-refractivity contribution in [3.63, 3.8) is 0 Å². The van der Waals surface area contributed by atoms with E-state index in [0.717, 1.165) is 21.2 Å². The summed E-state index contributed by atoms with van der Waals surface area (Å²) in [5, 5.41) is 19.6. The molecule has 0 amide bonds. The van der Waals surface area contributed by atoms with Crippen LogP contribution in [0.15, 0.2) is 252 Å². The van der Waals surface area contributed by atoms with E-state index in [4.69, 9.17) is 24.2 Å². The largest absolute Gasteiger partial charge is 0.184 e. The third kappa shape index (κ3) is 37.2. The van der Waals surface area contributed by atoms with Crippen LogP contribution in [-0.4, -0.2) is 28.6 Å². The quantitative estimate of drug-likeness (QED) is 0.0610. The van der Waals surface area contributed by atoms with E-state index in [1.54, 1.807) is 33.2 Å². The summed E-state index contributed by atoms with van der Waals surface area (Å²) in [7, 11) is 12.3. The van der Waals surface area contributed by atoms with Crippen molar-refractivity contribution in [3.05, 3.63) is 275 Å². The Morgan fingerprint density at radius 1 is 0.519 bits per heavy atom. The van der Waals surface area contributed by atoms with Gasteiger partial charge in [0.05, 0.1) is 12.2 Å². The first-order chi connectivity index (χ1) is 36.9. The topological polar surface area (TPSA) is 40.5 Å². The van der Waals surface area contributed by atoms with Gasteiger partial charge in [0.25, 0.3) is 0 Å². The molecule has 0 fully saturated rings. The minimum atomic E-state index is -1.85. The summed E-state index contributed by atoms with van der Waals surface area (Å²) in [6.07, 6.45) is 9.46. The van der Waals surface area contributed by atoms with Crippen molar-refractivity contribution in [3.8, 4) is 22.3 Å². The SMILES string of the molecule is C=Cc1cccc([C@@H](C)O)c1.C=[CH][Sn]([CH2]CCC)([CH2]CCC)[CH2]CCC.C[C@@H](O)c1cccc(Br)c1.P.Pc1ccccc1.[Cl][Pd][Cl].[c-]1ccccc1.c1ccc(-c2ccccc2)cc1.c1ccc(-c2ccccc2)cc1. The third-order valence-electron chi connectivity index (χ3n) is 11.6. The molecule has 0 spiro atoms. The summed E-state index contributed by atoms with van der Waals surface area (Å²) in [6, 6.07) is 79.5. The van der Waals surface area contributed by atoms with Crippen LogP contribution in [0, 0.1) is 6.07 Å². The monoisotopic (exact) mass is 1370 g/mol. The molecule has 2 nitrogen and oxygen atoms in total.